The molecule has 2 aliphatic heterocycles. The summed E-state index contributed by atoms with van der Waals surface area (Å²) in [5.74, 6) is 0.521. The Morgan fingerprint density at radius 2 is 1.10 bits per heavy atom. The Hall–Kier alpha value is -0.220. The Kier molecular flexibility index (Phi) is 8.34. The molecule has 2 heterocycles. The van der Waals surface area contributed by atoms with Gasteiger partial charge in [-0.1, -0.05) is 31.9 Å². The van der Waals surface area contributed by atoms with Crippen molar-refractivity contribution in [3.8, 4) is 0 Å². The third-order valence-electron chi connectivity index (χ3n) is 7.13. The van der Waals surface area contributed by atoms with Gasteiger partial charge in [-0.15, -0.1) is 0 Å². The summed E-state index contributed by atoms with van der Waals surface area (Å²) < 4.78 is 0. The highest BCUT2D eigenvalue weighted by atomic mass is 79.9. The lowest BCUT2D eigenvalue weighted by Gasteiger charge is -2.48. The van der Waals surface area contributed by atoms with E-state index >= 15 is 0 Å². The fourth-order valence-corrected chi connectivity index (χ4v) is 5.89. The third-order valence-corrected chi connectivity index (χ3v) is 8.15. The monoisotopic (exact) mass is 566 g/mol. The van der Waals surface area contributed by atoms with Gasteiger partial charge in [0.2, 0.25) is 11.8 Å². The first-order valence-corrected chi connectivity index (χ1v) is 13.3. The molecule has 0 aromatic heterocycles. The van der Waals surface area contributed by atoms with E-state index < -0.39 is 0 Å². The Morgan fingerprint density at radius 3 is 1.39 bits per heavy atom. The van der Waals surface area contributed by atoms with Crippen LogP contribution in [0, 0.1) is 11.8 Å². The molecule has 2 N–H and O–H groups in total. The van der Waals surface area contributed by atoms with Crippen molar-refractivity contribution in [2.24, 2.45) is 11.8 Å². The molecule has 31 heavy (non-hydrogen) atoms. The number of rotatable bonds is 8. The van der Waals surface area contributed by atoms with Crippen LogP contribution in [0.15, 0.2) is 0 Å². The normalized spacial score (nSPS) is 29.1. The smallest absolute Gasteiger partial charge is 0.230 e. The molecule has 9 heteroatoms. The first-order chi connectivity index (χ1) is 14.1. The number of hydrogen-bond acceptors (Lipinski definition) is 5. The van der Waals surface area contributed by atoms with Crippen LogP contribution in [0.2, 0.25) is 0 Å². The number of alkyl halides is 2. The number of hydroxylamine groups is 4. The van der Waals surface area contributed by atoms with Crippen molar-refractivity contribution in [3.05, 3.63) is 0 Å². The van der Waals surface area contributed by atoms with Crippen LogP contribution in [-0.4, -0.2) is 67.8 Å². The fraction of sp³-hybridized carbons (Fsp3) is 0.909. The lowest BCUT2D eigenvalue weighted by Crippen LogP contribution is -2.59. The highest BCUT2D eigenvalue weighted by molar-refractivity contribution is 9.09. The van der Waals surface area contributed by atoms with E-state index in [1.165, 1.54) is 0 Å². The standard InChI is InChI=1S/C22H40Br2N4O3/c1-19(2)9-15(13-25-17(29)11-23)21(5,6)27(19)31-28-20(3,4)10-16(22(28,7)8)14-26-18(30)12-24/h15-16H,9-14H2,1-8H3,(H,25,29)(H,26,30). The van der Waals surface area contributed by atoms with Crippen molar-refractivity contribution in [3.63, 3.8) is 0 Å². The first-order valence-electron chi connectivity index (χ1n) is 11.0. The fourth-order valence-electron chi connectivity index (χ4n) is 5.49. The molecular weight excluding hydrogens is 528 g/mol. The summed E-state index contributed by atoms with van der Waals surface area (Å²) in [6.07, 6.45) is 1.84. The van der Waals surface area contributed by atoms with Crippen LogP contribution >= 0.6 is 31.9 Å². The van der Waals surface area contributed by atoms with Gasteiger partial charge in [0.05, 0.1) is 10.7 Å². The van der Waals surface area contributed by atoms with E-state index in [0.29, 0.717) is 23.7 Å². The predicted molar refractivity (Wildman–Crippen MR) is 131 cm³/mol. The van der Waals surface area contributed by atoms with Gasteiger partial charge in [-0.25, -0.2) is 4.94 Å². The molecule has 2 aliphatic rings. The summed E-state index contributed by atoms with van der Waals surface area (Å²) in [7, 11) is 0. The minimum absolute atomic E-state index is 0.00292. The SMILES string of the molecule is CC1(C)CC(CNC(=O)CBr)C(C)(C)N1ON1C(C)(C)CC(CNC(=O)CBr)C1(C)C. The van der Waals surface area contributed by atoms with Crippen LogP contribution in [-0.2, 0) is 14.5 Å². The van der Waals surface area contributed by atoms with E-state index in [9.17, 15) is 9.59 Å². The molecule has 2 atom stereocenters. The van der Waals surface area contributed by atoms with Crippen LogP contribution in [0.5, 0.6) is 0 Å². The average Bonchev–Trinajstić information content (AvgIpc) is 2.94. The van der Waals surface area contributed by atoms with Crippen LogP contribution < -0.4 is 10.6 Å². The molecule has 0 bridgehead atoms. The second kappa shape index (κ2) is 9.57. The van der Waals surface area contributed by atoms with E-state index in [4.69, 9.17) is 4.94 Å². The predicted octanol–water partition coefficient (Wildman–Crippen LogP) is 3.61. The number of halogens is 2. The largest absolute Gasteiger partial charge is 0.355 e. The van der Waals surface area contributed by atoms with Crippen LogP contribution in [0.25, 0.3) is 0 Å². The van der Waals surface area contributed by atoms with Crippen LogP contribution in [0.3, 0.4) is 0 Å². The topological polar surface area (TPSA) is 73.9 Å². The lowest BCUT2D eigenvalue weighted by atomic mass is 9.87. The highest BCUT2D eigenvalue weighted by Crippen LogP contribution is 2.50. The molecule has 0 saturated carbocycles. The maximum absolute atomic E-state index is 11.8. The summed E-state index contributed by atoms with van der Waals surface area (Å²) in [6, 6.07) is 0. The van der Waals surface area contributed by atoms with Crippen molar-refractivity contribution in [1.29, 1.82) is 0 Å². The molecule has 0 aromatic rings. The van der Waals surface area contributed by atoms with Gasteiger partial charge in [-0.2, -0.15) is 10.1 Å². The van der Waals surface area contributed by atoms with Gasteiger partial charge in [0.25, 0.3) is 0 Å². The van der Waals surface area contributed by atoms with E-state index in [1.807, 2.05) is 0 Å². The molecule has 0 spiro atoms. The maximum atomic E-state index is 11.8. The van der Waals surface area contributed by atoms with Crippen molar-refractivity contribution >= 4 is 43.7 Å². The van der Waals surface area contributed by atoms with Crippen molar-refractivity contribution in [2.75, 3.05) is 23.7 Å². The van der Waals surface area contributed by atoms with Gasteiger partial charge in [-0.05, 0) is 80.1 Å². The highest BCUT2D eigenvalue weighted by Gasteiger charge is 2.58. The zero-order chi connectivity index (χ0) is 23.8. The van der Waals surface area contributed by atoms with E-state index in [-0.39, 0.29) is 45.8 Å². The third kappa shape index (κ3) is 5.65. The molecule has 2 unspecified atom stereocenters. The van der Waals surface area contributed by atoms with Gasteiger partial charge in [0.1, 0.15) is 0 Å². The molecular formula is C22H40Br2N4O3. The van der Waals surface area contributed by atoms with Crippen molar-refractivity contribution < 1.29 is 14.5 Å². The van der Waals surface area contributed by atoms with Crippen molar-refractivity contribution in [1.82, 2.24) is 20.8 Å². The molecule has 2 amide bonds. The van der Waals surface area contributed by atoms with Gasteiger partial charge in [0, 0.05) is 35.2 Å². The zero-order valence-corrected chi connectivity index (χ0v) is 23.4. The van der Waals surface area contributed by atoms with Gasteiger partial charge < -0.3 is 10.6 Å². The number of carbonyl (C=O) groups is 2. The molecule has 0 aromatic carbocycles. The molecule has 0 radical (unpaired) electrons. The summed E-state index contributed by atoms with van der Waals surface area (Å²) >= 11 is 6.44. The Labute approximate surface area is 204 Å². The number of amides is 2. The van der Waals surface area contributed by atoms with E-state index in [1.54, 1.807) is 0 Å². The quantitative estimate of drug-likeness (QED) is 0.438. The van der Waals surface area contributed by atoms with Gasteiger partial charge in [0.15, 0.2) is 0 Å². The molecule has 0 aliphatic carbocycles. The summed E-state index contributed by atoms with van der Waals surface area (Å²) in [5.41, 5.74) is -0.918. The van der Waals surface area contributed by atoms with Crippen LogP contribution in [0.1, 0.15) is 68.2 Å². The summed E-state index contributed by atoms with van der Waals surface area (Å²) in [4.78, 5) is 30.4. The molecule has 180 valence electrons. The molecule has 2 rings (SSSR count). The minimum Gasteiger partial charge on any atom is -0.355 e. The van der Waals surface area contributed by atoms with E-state index in [0.717, 1.165) is 12.8 Å². The Balaban J connectivity index is 2.21. The average molecular weight is 568 g/mol. The maximum Gasteiger partial charge on any atom is 0.230 e. The van der Waals surface area contributed by atoms with Gasteiger partial charge in [-0.3, -0.25) is 9.59 Å². The van der Waals surface area contributed by atoms with Gasteiger partial charge >= 0.3 is 0 Å². The van der Waals surface area contributed by atoms with Crippen LogP contribution in [0.4, 0.5) is 0 Å². The number of nitrogens with one attached hydrogen (secondary N) is 2. The second-order valence-electron chi connectivity index (χ2n) is 11.3. The van der Waals surface area contributed by atoms with Crippen molar-refractivity contribution in [2.45, 2.75) is 90.4 Å². The second-order valence-corrected chi connectivity index (χ2v) is 12.4. The molecule has 2 saturated heterocycles. The Morgan fingerprint density at radius 1 is 0.774 bits per heavy atom. The summed E-state index contributed by atoms with van der Waals surface area (Å²) in [6.45, 7) is 18.8. The van der Waals surface area contributed by atoms with E-state index in [2.05, 4.69) is 108 Å². The number of carbonyl (C=O) groups excluding carboxylic acids is 2. The Bertz CT molecular complexity index is 626. The number of hydrogen-bond donors (Lipinski definition) is 2. The summed E-state index contributed by atoms with van der Waals surface area (Å²) in [5, 5.41) is 10.9. The molecule has 2 fully saturated rings. The zero-order valence-electron chi connectivity index (χ0n) is 20.3. The lowest BCUT2D eigenvalue weighted by molar-refractivity contribution is -0.411. The number of nitrogens with zero attached hydrogens (tertiary/aromatic N) is 2. The molecule has 7 nitrogen and oxygen atoms in total. The minimum atomic E-state index is -0.266. The first kappa shape index (κ1) is 27.0.